The van der Waals surface area contributed by atoms with E-state index in [0.717, 1.165) is 10.9 Å². The van der Waals surface area contributed by atoms with Crippen molar-refractivity contribution in [3.05, 3.63) is 30.5 Å². The van der Waals surface area contributed by atoms with Crippen LogP contribution in [0.3, 0.4) is 0 Å². The van der Waals surface area contributed by atoms with Crippen LogP contribution in [0, 0.1) is 6.07 Å². The highest BCUT2D eigenvalue weighted by atomic mass is 15.0. The number of hydrogen-bond acceptors (Lipinski definition) is 3. The molecule has 11 heavy (non-hydrogen) atoms. The summed E-state index contributed by atoms with van der Waals surface area (Å²) in [5.74, 6) is 0.303. The largest absolute Gasteiger partial charge is 0.368 e. The number of hydrogen-bond donors (Lipinski definition) is 1. The van der Waals surface area contributed by atoms with E-state index in [0.29, 0.717) is 5.95 Å². The summed E-state index contributed by atoms with van der Waals surface area (Å²) >= 11 is 0. The number of fused-ring (bicyclic) bond motifs is 1. The minimum absolute atomic E-state index is 0.303. The van der Waals surface area contributed by atoms with E-state index < -0.39 is 0 Å². The minimum atomic E-state index is 0.303. The molecule has 2 N–H and O–H groups in total. The maximum Gasteiger partial charge on any atom is 0.220 e. The molecule has 0 aliphatic rings. The van der Waals surface area contributed by atoms with E-state index in [1.54, 1.807) is 6.20 Å². The Morgan fingerprint density at radius 1 is 1.45 bits per heavy atom. The number of rotatable bonds is 0. The number of benzene rings is 1. The van der Waals surface area contributed by atoms with Crippen LogP contribution in [0.5, 0.6) is 0 Å². The van der Waals surface area contributed by atoms with Gasteiger partial charge in [0.1, 0.15) is 0 Å². The van der Waals surface area contributed by atoms with Gasteiger partial charge in [0.2, 0.25) is 5.95 Å². The summed E-state index contributed by atoms with van der Waals surface area (Å²) in [7, 11) is 0. The van der Waals surface area contributed by atoms with E-state index >= 15 is 0 Å². The maximum absolute atomic E-state index is 5.39. The highest BCUT2D eigenvalue weighted by molar-refractivity contribution is 5.77. The van der Waals surface area contributed by atoms with Crippen LogP contribution < -0.4 is 5.73 Å². The lowest BCUT2D eigenvalue weighted by atomic mass is 10.2. The smallest absolute Gasteiger partial charge is 0.220 e. The predicted molar refractivity (Wildman–Crippen MR) is 42.8 cm³/mol. The van der Waals surface area contributed by atoms with Gasteiger partial charge in [0.25, 0.3) is 0 Å². The van der Waals surface area contributed by atoms with E-state index in [4.69, 9.17) is 5.73 Å². The molecule has 0 spiro atoms. The third-order valence-electron chi connectivity index (χ3n) is 1.43. The second-order valence-electron chi connectivity index (χ2n) is 2.20. The fourth-order valence-electron chi connectivity index (χ4n) is 0.925. The zero-order valence-corrected chi connectivity index (χ0v) is 5.78. The van der Waals surface area contributed by atoms with Gasteiger partial charge in [-0.2, -0.15) is 0 Å². The lowest BCUT2D eigenvalue weighted by Crippen LogP contribution is -1.93. The van der Waals surface area contributed by atoms with Crippen molar-refractivity contribution in [2.45, 2.75) is 0 Å². The van der Waals surface area contributed by atoms with E-state index in [9.17, 15) is 0 Å². The van der Waals surface area contributed by atoms with Crippen LogP contribution in [0.2, 0.25) is 0 Å². The van der Waals surface area contributed by atoms with Crippen molar-refractivity contribution in [1.82, 2.24) is 9.97 Å². The van der Waals surface area contributed by atoms with Crippen LogP contribution in [0.4, 0.5) is 5.95 Å². The van der Waals surface area contributed by atoms with Gasteiger partial charge in [0.05, 0.1) is 5.52 Å². The first-order chi connectivity index (χ1) is 5.36. The maximum atomic E-state index is 5.39. The van der Waals surface area contributed by atoms with Crippen LogP contribution >= 0.6 is 0 Å². The van der Waals surface area contributed by atoms with Gasteiger partial charge in [-0.3, -0.25) is 0 Å². The molecule has 0 aliphatic carbocycles. The number of anilines is 1. The molecule has 0 aliphatic heterocycles. The Bertz CT molecular complexity index is 384. The van der Waals surface area contributed by atoms with E-state index in [-0.39, 0.29) is 0 Å². The molecule has 0 atom stereocenters. The summed E-state index contributed by atoms with van der Waals surface area (Å²) in [6.07, 6.45) is 1.66. The van der Waals surface area contributed by atoms with Crippen molar-refractivity contribution in [2.24, 2.45) is 0 Å². The third kappa shape index (κ3) is 1.00. The Morgan fingerprint density at radius 3 is 3.27 bits per heavy atom. The van der Waals surface area contributed by atoms with Crippen molar-refractivity contribution >= 4 is 16.9 Å². The van der Waals surface area contributed by atoms with Crippen LogP contribution in [-0.4, -0.2) is 9.97 Å². The summed E-state index contributed by atoms with van der Waals surface area (Å²) in [6, 6.07) is 8.57. The normalized spacial score (nSPS) is 10.2. The summed E-state index contributed by atoms with van der Waals surface area (Å²) in [4.78, 5) is 7.85. The van der Waals surface area contributed by atoms with Crippen molar-refractivity contribution in [3.63, 3.8) is 0 Å². The standard InChI is InChI=1S/C8H6N3/c9-8-10-5-6-3-1-2-4-7(6)11-8/h1-2,4-5H,(H2,9,10,11). The first-order valence-corrected chi connectivity index (χ1v) is 3.25. The van der Waals surface area contributed by atoms with Gasteiger partial charge < -0.3 is 5.73 Å². The summed E-state index contributed by atoms with van der Waals surface area (Å²) < 4.78 is 0. The van der Waals surface area contributed by atoms with E-state index in [1.165, 1.54) is 0 Å². The van der Waals surface area contributed by atoms with Crippen LogP contribution in [-0.2, 0) is 0 Å². The van der Waals surface area contributed by atoms with Gasteiger partial charge in [-0.1, -0.05) is 12.1 Å². The quantitative estimate of drug-likeness (QED) is 0.600. The zero-order chi connectivity index (χ0) is 7.68. The fraction of sp³-hybridized carbons (Fsp3) is 0. The molecule has 0 fully saturated rings. The van der Waals surface area contributed by atoms with Gasteiger partial charge in [0, 0.05) is 11.6 Å². The Morgan fingerprint density at radius 2 is 2.36 bits per heavy atom. The molecular formula is C8H6N3. The second kappa shape index (κ2) is 2.20. The predicted octanol–water partition coefficient (Wildman–Crippen LogP) is 1.01. The third-order valence-corrected chi connectivity index (χ3v) is 1.43. The Kier molecular flexibility index (Phi) is 1.22. The molecule has 1 radical (unpaired) electrons. The summed E-state index contributed by atoms with van der Waals surface area (Å²) in [5.41, 5.74) is 6.22. The lowest BCUT2D eigenvalue weighted by Gasteiger charge is -1.94. The topological polar surface area (TPSA) is 51.8 Å². The van der Waals surface area contributed by atoms with Gasteiger partial charge in [-0.25, -0.2) is 9.97 Å². The van der Waals surface area contributed by atoms with E-state index in [1.807, 2.05) is 18.2 Å². The van der Waals surface area contributed by atoms with Crippen molar-refractivity contribution < 1.29 is 0 Å². The van der Waals surface area contributed by atoms with Gasteiger partial charge in [-0.15, -0.1) is 0 Å². The second-order valence-corrected chi connectivity index (χ2v) is 2.20. The monoisotopic (exact) mass is 144 g/mol. The first-order valence-electron chi connectivity index (χ1n) is 3.25. The zero-order valence-electron chi connectivity index (χ0n) is 5.78. The molecule has 53 valence electrons. The van der Waals surface area contributed by atoms with Gasteiger partial charge in [-0.05, 0) is 12.1 Å². The minimum Gasteiger partial charge on any atom is -0.368 e. The summed E-state index contributed by atoms with van der Waals surface area (Å²) in [5, 5.41) is 0.890. The van der Waals surface area contributed by atoms with Gasteiger partial charge in [0.15, 0.2) is 0 Å². The lowest BCUT2D eigenvalue weighted by molar-refractivity contribution is 1.24. The molecule has 0 saturated heterocycles. The number of nitrogen functional groups attached to an aromatic ring is 1. The Hall–Kier alpha value is -1.64. The van der Waals surface area contributed by atoms with Crippen molar-refractivity contribution in [1.29, 1.82) is 0 Å². The molecule has 3 heteroatoms. The molecule has 1 heterocycles. The molecule has 3 nitrogen and oxygen atoms in total. The average molecular weight is 144 g/mol. The first kappa shape index (κ1) is 6.09. The summed E-state index contributed by atoms with van der Waals surface area (Å²) in [6.45, 7) is 0. The highest BCUT2D eigenvalue weighted by Gasteiger charge is 1.93. The molecule has 0 amide bonds. The average Bonchev–Trinajstić information content (AvgIpc) is 2.04. The van der Waals surface area contributed by atoms with E-state index in [2.05, 4.69) is 16.0 Å². The molecular weight excluding hydrogens is 138 g/mol. The molecule has 0 unspecified atom stereocenters. The van der Waals surface area contributed by atoms with Crippen LogP contribution in [0.25, 0.3) is 10.9 Å². The van der Waals surface area contributed by atoms with Gasteiger partial charge >= 0.3 is 0 Å². The Balaban J connectivity index is 2.83. The van der Waals surface area contributed by atoms with Crippen LogP contribution in [0.1, 0.15) is 0 Å². The Labute approximate surface area is 63.9 Å². The molecule has 1 aromatic carbocycles. The SMILES string of the molecule is Nc1ncc2[c]cccc2n1. The van der Waals surface area contributed by atoms with Crippen molar-refractivity contribution in [2.75, 3.05) is 5.73 Å². The molecule has 0 saturated carbocycles. The van der Waals surface area contributed by atoms with Crippen LogP contribution in [0.15, 0.2) is 24.4 Å². The number of aromatic nitrogens is 2. The molecule has 2 aromatic rings. The molecule has 1 aromatic heterocycles. The highest BCUT2D eigenvalue weighted by Crippen LogP contribution is 2.08. The molecule has 2 rings (SSSR count). The number of nitrogens with two attached hydrogens (primary N) is 1. The number of nitrogens with zero attached hydrogens (tertiary/aromatic N) is 2. The van der Waals surface area contributed by atoms with Crippen molar-refractivity contribution in [3.8, 4) is 0 Å². The molecule has 0 bridgehead atoms. The fourth-order valence-corrected chi connectivity index (χ4v) is 0.925.